The minimum Gasteiger partial charge on any atom is -0.480 e. The number of carboxylic acid groups (broad SMARTS) is 3. The molecule has 3 atom stereocenters. The number of nitrogens with one attached hydrogen (secondary N) is 4. The fourth-order valence-electron chi connectivity index (χ4n) is 1.97. The molecule has 0 saturated heterocycles. The molecular formula is C15H26N4O8S2. The summed E-state index contributed by atoms with van der Waals surface area (Å²) in [5.74, 6) is -4.58. The SMILES string of the molecule is CSCC[C@H](NN[C@@H](CCC(=O)N[C@@H](CS)C(=O)NCC(=O)O)C(=O)O)C(=O)O. The van der Waals surface area contributed by atoms with Gasteiger partial charge in [0.05, 0.1) is 0 Å². The Hall–Kier alpha value is -2.03. The fraction of sp³-hybridized carbons (Fsp3) is 0.667. The highest BCUT2D eigenvalue weighted by Gasteiger charge is 2.24. The monoisotopic (exact) mass is 454 g/mol. The van der Waals surface area contributed by atoms with Crippen molar-refractivity contribution in [3.8, 4) is 0 Å². The number of carboxylic acids is 3. The summed E-state index contributed by atoms with van der Waals surface area (Å²) in [4.78, 5) is 56.7. The molecule has 0 radical (unpaired) electrons. The van der Waals surface area contributed by atoms with Crippen LogP contribution in [0.15, 0.2) is 0 Å². The van der Waals surface area contributed by atoms with Crippen LogP contribution in [0.25, 0.3) is 0 Å². The highest BCUT2D eigenvalue weighted by atomic mass is 32.2. The van der Waals surface area contributed by atoms with Crippen molar-refractivity contribution >= 4 is 54.1 Å². The Bertz CT molecular complexity index is 593. The van der Waals surface area contributed by atoms with Crippen LogP contribution in [-0.4, -0.2) is 87.5 Å². The molecular weight excluding hydrogens is 428 g/mol. The van der Waals surface area contributed by atoms with E-state index in [0.29, 0.717) is 5.75 Å². The minimum absolute atomic E-state index is 0.0882. The van der Waals surface area contributed by atoms with Crippen molar-refractivity contribution in [1.82, 2.24) is 21.5 Å². The normalized spacial score (nSPS) is 13.7. The average Bonchev–Trinajstić information content (AvgIpc) is 2.65. The minimum atomic E-state index is -1.29. The van der Waals surface area contributed by atoms with Gasteiger partial charge in [-0.05, 0) is 24.9 Å². The lowest BCUT2D eigenvalue weighted by Gasteiger charge is -2.20. The number of aliphatic carboxylic acids is 3. The van der Waals surface area contributed by atoms with Gasteiger partial charge in [0.25, 0.3) is 0 Å². The standard InChI is InChI=1S/C15H26N4O8S2/c1-29-5-4-9(15(26)27)19-18-8(14(24)25)2-3-11(20)17-10(7-28)13(23)16-6-12(21)22/h8-10,18-19,28H,2-7H2,1H3,(H,16,23)(H,17,20)(H,21,22)(H,24,25)(H,26,27)/t8-,9-,10-/m0/s1. The van der Waals surface area contributed by atoms with Crippen molar-refractivity contribution < 1.29 is 39.3 Å². The average molecular weight is 455 g/mol. The maximum absolute atomic E-state index is 12.0. The number of hydrogen-bond acceptors (Lipinski definition) is 9. The maximum Gasteiger partial charge on any atom is 0.322 e. The predicted molar refractivity (Wildman–Crippen MR) is 108 cm³/mol. The van der Waals surface area contributed by atoms with Crippen LogP contribution in [-0.2, 0) is 24.0 Å². The molecule has 14 heteroatoms. The van der Waals surface area contributed by atoms with E-state index in [9.17, 15) is 29.1 Å². The maximum atomic E-state index is 12.0. The van der Waals surface area contributed by atoms with Gasteiger partial charge in [0, 0.05) is 12.2 Å². The smallest absolute Gasteiger partial charge is 0.322 e. The second-order valence-electron chi connectivity index (χ2n) is 5.80. The number of carbonyl (C=O) groups excluding carboxylic acids is 2. The lowest BCUT2D eigenvalue weighted by Crippen LogP contribution is -2.53. The predicted octanol–water partition coefficient (Wildman–Crippen LogP) is -1.86. The molecule has 166 valence electrons. The van der Waals surface area contributed by atoms with Crippen molar-refractivity contribution in [2.45, 2.75) is 37.4 Å². The van der Waals surface area contributed by atoms with Crippen LogP contribution >= 0.6 is 24.4 Å². The quantitative estimate of drug-likeness (QED) is 0.0962. The van der Waals surface area contributed by atoms with E-state index in [1.807, 2.05) is 6.26 Å². The first-order valence-corrected chi connectivity index (χ1v) is 10.5. The van der Waals surface area contributed by atoms with E-state index in [-0.39, 0.29) is 25.0 Å². The summed E-state index contributed by atoms with van der Waals surface area (Å²) in [6.07, 6.45) is 1.63. The third-order valence-corrected chi connectivity index (χ3v) is 4.56. The number of hydrogen-bond donors (Lipinski definition) is 8. The molecule has 0 fully saturated rings. The molecule has 0 bridgehead atoms. The third-order valence-electron chi connectivity index (χ3n) is 3.55. The molecule has 0 unspecified atom stereocenters. The van der Waals surface area contributed by atoms with Crippen molar-refractivity contribution in [2.24, 2.45) is 0 Å². The van der Waals surface area contributed by atoms with Gasteiger partial charge in [-0.1, -0.05) is 0 Å². The van der Waals surface area contributed by atoms with Gasteiger partial charge in [-0.3, -0.25) is 24.0 Å². The van der Waals surface area contributed by atoms with Crippen LogP contribution in [0, 0.1) is 0 Å². The molecule has 0 aliphatic heterocycles. The zero-order valence-corrected chi connectivity index (χ0v) is 17.4. The largest absolute Gasteiger partial charge is 0.480 e. The number of thiol groups is 1. The van der Waals surface area contributed by atoms with Crippen LogP contribution in [0.1, 0.15) is 19.3 Å². The second kappa shape index (κ2) is 14.9. The lowest BCUT2D eigenvalue weighted by molar-refractivity contribution is -0.143. The second-order valence-corrected chi connectivity index (χ2v) is 7.16. The van der Waals surface area contributed by atoms with E-state index < -0.39 is 54.4 Å². The molecule has 0 spiro atoms. The summed E-state index contributed by atoms with van der Waals surface area (Å²) >= 11 is 5.37. The number of amides is 2. The van der Waals surface area contributed by atoms with E-state index in [1.165, 1.54) is 11.8 Å². The van der Waals surface area contributed by atoms with Gasteiger partial charge < -0.3 is 26.0 Å². The first kappa shape index (κ1) is 27.0. The molecule has 29 heavy (non-hydrogen) atoms. The third kappa shape index (κ3) is 12.2. The van der Waals surface area contributed by atoms with Gasteiger partial charge >= 0.3 is 17.9 Å². The van der Waals surface area contributed by atoms with Gasteiger partial charge in [-0.2, -0.15) is 24.4 Å². The van der Waals surface area contributed by atoms with E-state index in [1.54, 1.807) is 0 Å². The van der Waals surface area contributed by atoms with Gasteiger partial charge in [0.1, 0.15) is 24.7 Å². The zero-order valence-electron chi connectivity index (χ0n) is 15.7. The number of carbonyl (C=O) groups is 5. The van der Waals surface area contributed by atoms with Crippen LogP contribution in [0.4, 0.5) is 0 Å². The Morgan fingerprint density at radius 1 is 0.931 bits per heavy atom. The van der Waals surface area contributed by atoms with E-state index >= 15 is 0 Å². The van der Waals surface area contributed by atoms with Gasteiger partial charge in [-0.25, -0.2) is 10.9 Å². The molecule has 0 heterocycles. The first-order valence-electron chi connectivity index (χ1n) is 8.47. The summed E-state index contributed by atoms with van der Waals surface area (Å²) in [6.45, 7) is -0.614. The summed E-state index contributed by atoms with van der Waals surface area (Å²) in [5.41, 5.74) is 4.86. The number of thioether (sulfide) groups is 1. The summed E-state index contributed by atoms with van der Waals surface area (Å²) < 4.78 is 0. The topological polar surface area (TPSA) is 194 Å². The van der Waals surface area contributed by atoms with E-state index in [4.69, 9.17) is 10.2 Å². The Balaban J connectivity index is 4.60. The molecule has 2 amide bonds. The number of rotatable bonds is 16. The summed E-state index contributed by atoms with van der Waals surface area (Å²) in [7, 11) is 0. The molecule has 0 aromatic rings. The molecule has 0 aliphatic rings. The van der Waals surface area contributed by atoms with Crippen LogP contribution in [0.3, 0.4) is 0 Å². The fourth-order valence-corrected chi connectivity index (χ4v) is 2.70. The van der Waals surface area contributed by atoms with E-state index in [0.717, 1.165) is 0 Å². The molecule has 0 aromatic carbocycles. The van der Waals surface area contributed by atoms with Gasteiger partial charge in [-0.15, -0.1) is 0 Å². The Kier molecular flexibility index (Phi) is 13.9. The Labute approximate surface area is 176 Å². The Morgan fingerprint density at radius 3 is 1.93 bits per heavy atom. The van der Waals surface area contributed by atoms with Crippen LogP contribution in [0.2, 0.25) is 0 Å². The van der Waals surface area contributed by atoms with Crippen molar-refractivity contribution in [2.75, 3.05) is 24.3 Å². The van der Waals surface area contributed by atoms with Crippen molar-refractivity contribution in [3.63, 3.8) is 0 Å². The van der Waals surface area contributed by atoms with Gasteiger partial charge in [0.2, 0.25) is 11.8 Å². The molecule has 0 saturated carbocycles. The van der Waals surface area contributed by atoms with Crippen molar-refractivity contribution in [1.29, 1.82) is 0 Å². The number of hydrazine groups is 1. The molecule has 0 aliphatic carbocycles. The van der Waals surface area contributed by atoms with Crippen LogP contribution in [0.5, 0.6) is 0 Å². The van der Waals surface area contributed by atoms with Gasteiger partial charge in [0.15, 0.2) is 0 Å². The van der Waals surface area contributed by atoms with E-state index in [2.05, 4.69) is 34.1 Å². The molecule has 12 nitrogen and oxygen atoms in total. The summed E-state index contributed by atoms with van der Waals surface area (Å²) in [5, 5.41) is 31.3. The zero-order chi connectivity index (χ0) is 22.4. The molecule has 0 rings (SSSR count). The lowest BCUT2D eigenvalue weighted by atomic mass is 10.1. The van der Waals surface area contributed by atoms with Crippen molar-refractivity contribution in [3.05, 3.63) is 0 Å². The first-order chi connectivity index (χ1) is 13.6. The summed E-state index contributed by atoms with van der Waals surface area (Å²) in [6, 6.07) is -3.32. The highest BCUT2D eigenvalue weighted by molar-refractivity contribution is 7.98. The molecule has 7 N–H and O–H groups in total. The van der Waals surface area contributed by atoms with Crippen LogP contribution < -0.4 is 21.5 Å². The highest BCUT2D eigenvalue weighted by Crippen LogP contribution is 2.02. The molecule has 0 aromatic heterocycles. The Morgan fingerprint density at radius 2 is 1.48 bits per heavy atom.